The molecule has 0 atom stereocenters. The van der Waals surface area contributed by atoms with Gasteiger partial charge in [0.1, 0.15) is 0 Å². The summed E-state index contributed by atoms with van der Waals surface area (Å²) in [5.74, 6) is -0.749. The number of nitrogens with zero attached hydrogens (tertiary/aromatic N) is 1. The van der Waals surface area contributed by atoms with E-state index in [1.165, 1.54) is 12.1 Å². The fraction of sp³-hybridized carbons (Fsp3) is 0.316. The van der Waals surface area contributed by atoms with Gasteiger partial charge in [0, 0.05) is 6.42 Å². The number of rotatable bonds is 4. The smallest absolute Gasteiger partial charge is 0.262 e. The van der Waals surface area contributed by atoms with Gasteiger partial charge in [-0.25, -0.2) is 21.1 Å². The molecule has 28 heavy (non-hydrogen) atoms. The van der Waals surface area contributed by atoms with Crippen LogP contribution in [0.5, 0.6) is 0 Å². The molecule has 1 fully saturated rings. The van der Waals surface area contributed by atoms with E-state index in [0.29, 0.717) is 16.8 Å². The SMILES string of the molecule is Cc1cccc(NS(=O)(=O)c2c(C)cc(N3C(=O)CCS3(=O)=O)cc2C)c1C. The topological polar surface area (TPSA) is 101 Å². The van der Waals surface area contributed by atoms with Crippen molar-refractivity contribution in [1.29, 1.82) is 0 Å². The molecule has 1 amide bonds. The molecule has 2 aromatic rings. The Morgan fingerprint density at radius 1 is 1.00 bits per heavy atom. The number of aryl methyl sites for hydroxylation is 3. The van der Waals surface area contributed by atoms with Gasteiger partial charge >= 0.3 is 0 Å². The summed E-state index contributed by atoms with van der Waals surface area (Å²) in [6.07, 6.45) is -0.0747. The van der Waals surface area contributed by atoms with Crippen LogP contribution in [0.3, 0.4) is 0 Å². The highest BCUT2D eigenvalue weighted by Crippen LogP contribution is 2.32. The Balaban J connectivity index is 2.06. The zero-order valence-electron chi connectivity index (χ0n) is 16.1. The molecule has 1 saturated heterocycles. The molecule has 9 heteroatoms. The summed E-state index contributed by atoms with van der Waals surface area (Å²) in [6.45, 7) is 6.90. The first-order chi connectivity index (χ1) is 12.9. The van der Waals surface area contributed by atoms with Crippen molar-refractivity contribution in [1.82, 2.24) is 0 Å². The van der Waals surface area contributed by atoms with E-state index in [0.717, 1.165) is 15.4 Å². The molecule has 0 aromatic heterocycles. The van der Waals surface area contributed by atoms with Crippen LogP contribution in [-0.4, -0.2) is 28.5 Å². The second-order valence-electron chi connectivity index (χ2n) is 6.99. The lowest BCUT2D eigenvalue weighted by Crippen LogP contribution is -2.29. The van der Waals surface area contributed by atoms with Gasteiger partial charge in [-0.2, -0.15) is 0 Å². The predicted octanol–water partition coefficient (Wildman–Crippen LogP) is 2.79. The second kappa shape index (κ2) is 6.89. The van der Waals surface area contributed by atoms with Crippen LogP contribution in [0.15, 0.2) is 35.2 Å². The first-order valence-corrected chi connectivity index (χ1v) is 11.8. The third kappa shape index (κ3) is 3.51. The van der Waals surface area contributed by atoms with E-state index in [9.17, 15) is 21.6 Å². The quantitative estimate of drug-likeness (QED) is 0.817. The van der Waals surface area contributed by atoms with Gasteiger partial charge in [-0.3, -0.25) is 9.52 Å². The molecule has 1 N–H and O–H groups in total. The van der Waals surface area contributed by atoms with Gasteiger partial charge in [-0.1, -0.05) is 12.1 Å². The van der Waals surface area contributed by atoms with E-state index >= 15 is 0 Å². The van der Waals surface area contributed by atoms with Gasteiger partial charge in [0.25, 0.3) is 10.0 Å². The number of sulfonamides is 2. The summed E-state index contributed by atoms with van der Waals surface area (Å²) in [7, 11) is -7.61. The number of benzene rings is 2. The van der Waals surface area contributed by atoms with E-state index in [1.807, 2.05) is 19.9 Å². The molecule has 7 nitrogen and oxygen atoms in total. The highest BCUT2D eigenvalue weighted by Gasteiger charge is 2.37. The van der Waals surface area contributed by atoms with Crippen LogP contribution >= 0.6 is 0 Å². The van der Waals surface area contributed by atoms with Gasteiger partial charge in [0.2, 0.25) is 15.9 Å². The summed E-state index contributed by atoms with van der Waals surface area (Å²) in [5.41, 5.74) is 3.17. The summed E-state index contributed by atoms with van der Waals surface area (Å²) in [4.78, 5) is 12.1. The van der Waals surface area contributed by atoms with E-state index in [4.69, 9.17) is 0 Å². The summed E-state index contributed by atoms with van der Waals surface area (Å²) in [5, 5.41) is 0. The Kier molecular flexibility index (Phi) is 5.01. The molecule has 0 saturated carbocycles. The van der Waals surface area contributed by atoms with Gasteiger partial charge in [-0.05, 0) is 68.1 Å². The number of carbonyl (C=O) groups excluding carboxylic acids is 1. The molecule has 150 valence electrons. The minimum atomic E-state index is -3.90. The van der Waals surface area contributed by atoms with Crippen molar-refractivity contribution in [2.45, 2.75) is 39.0 Å². The van der Waals surface area contributed by atoms with Crippen LogP contribution in [0.25, 0.3) is 0 Å². The molecular weight excluding hydrogens is 400 g/mol. The Bertz CT molecular complexity index is 1160. The molecule has 0 unspecified atom stereocenters. The highest BCUT2D eigenvalue weighted by molar-refractivity contribution is 7.94. The normalized spacial score (nSPS) is 16.4. The maximum Gasteiger partial charge on any atom is 0.262 e. The summed E-state index contributed by atoms with van der Waals surface area (Å²) >= 11 is 0. The number of hydrogen-bond acceptors (Lipinski definition) is 5. The van der Waals surface area contributed by atoms with E-state index in [1.54, 1.807) is 26.0 Å². The van der Waals surface area contributed by atoms with Crippen molar-refractivity contribution in [3.8, 4) is 0 Å². The average Bonchev–Trinajstić information content (AvgIpc) is 2.83. The van der Waals surface area contributed by atoms with Gasteiger partial charge in [0.05, 0.1) is 22.0 Å². The lowest BCUT2D eigenvalue weighted by molar-refractivity contribution is -0.116. The van der Waals surface area contributed by atoms with Gasteiger partial charge in [-0.15, -0.1) is 0 Å². The van der Waals surface area contributed by atoms with Gasteiger partial charge in [0.15, 0.2) is 0 Å². The molecular formula is C19H22N2O5S2. The minimum absolute atomic E-state index is 0.0706. The molecule has 0 bridgehead atoms. The van der Waals surface area contributed by atoms with Crippen LogP contribution in [0.1, 0.15) is 28.7 Å². The number of nitrogens with one attached hydrogen (secondary N) is 1. The summed E-state index contributed by atoms with van der Waals surface area (Å²) in [6, 6.07) is 8.20. The molecule has 1 heterocycles. The Morgan fingerprint density at radius 2 is 1.61 bits per heavy atom. The zero-order valence-corrected chi connectivity index (χ0v) is 17.7. The average molecular weight is 423 g/mol. The summed E-state index contributed by atoms with van der Waals surface area (Å²) < 4.78 is 53.7. The van der Waals surface area contributed by atoms with Crippen LogP contribution in [0.4, 0.5) is 11.4 Å². The lowest BCUT2D eigenvalue weighted by Gasteiger charge is -2.20. The first kappa shape index (κ1) is 20.3. The lowest BCUT2D eigenvalue weighted by atomic mass is 10.1. The van der Waals surface area contributed by atoms with E-state index in [-0.39, 0.29) is 22.8 Å². The monoisotopic (exact) mass is 422 g/mol. The first-order valence-electron chi connectivity index (χ1n) is 8.70. The Morgan fingerprint density at radius 3 is 2.14 bits per heavy atom. The molecule has 1 aliphatic rings. The van der Waals surface area contributed by atoms with Crippen molar-refractivity contribution < 1.29 is 21.6 Å². The fourth-order valence-corrected chi connectivity index (χ4v) is 6.42. The van der Waals surface area contributed by atoms with E-state index in [2.05, 4.69) is 4.72 Å². The molecule has 0 spiro atoms. The zero-order chi connectivity index (χ0) is 20.9. The maximum atomic E-state index is 13.0. The van der Waals surface area contributed by atoms with Crippen molar-refractivity contribution in [3.05, 3.63) is 52.6 Å². The highest BCUT2D eigenvalue weighted by atomic mass is 32.2. The predicted molar refractivity (Wildman–Crippen MR) is 109 cm³/mol. The fourth-order valence-electron chi connectivity index (χ4n) is 3.39. The second-order valence-corrected chi connectivity index (χ2v) is 10.5. The number of hydrogen-bond donors (Lipinski definition) is 1. The number of amides is 1. The number of anilines is 2. The van der Waals surface area contributed by atoms with Crippen molar-refractivity contribution in [3.63, 3.8) is 0 Å². The molecule has 0 radical (unpaired) electrons. The third-order valence-corrected chi connectivity index (χ3v) is 8.24. The van der Waals surface area contributed by atoms with Crippen LogP contribution in [0.2, 0.25) is 0 Å². The van der Waals surface area contributed by atoms with Gasteiger partial charge < -0.3 is 0 Å². The Labute approximate surface area is 165 Å². The molecule has 0 aliphatic carbocycles. The minimum Gasteiger partial charge on any atom is -0.279 e. The largest absolute Gasteiger partial charge is 0.279 e. The van der Waals surface area contributed by atoms with Crippen molar-refractivity contribution in [2.75, 3.05) is 14.8 Å². The number of carbonyl (C=O) groups is 1. The van der Waals surface area contributed by atoms with Crippen LogP contribution < -0.4 is 9.03 Å². The van der Waals surface area contributed by atoms with Crippen molar-refractivity contribution in [2.24, 2.45) is 0 Å². The molecule has 1 aliphatic heterocycles. The van der Waals surface area contributed by atoms with Crippen LogP contribution in [0, 0.1) is 27.7 Å². The van der Waals surface area contributed by atoms with Crippen molar-refractivity contribution >= 4 is 37.3 Å². The molecule has 3 rings (SSSR count). The third-order valence-electron chi connectivity index (χ3n) is 4.88. The van der Waals surface area contributed by atoms with Crippen LogP contribution in [-0.2, 0) is 24.8 Å². The molecule has 2 aromatic carbocycles. The maximum absolute atomic E-state index is 13.0. The Hall–Kier alpha value is -2.39. The standard InChI is InChI=1S/C19H22N2O5S2/c1-12-6-5-7-17(15(12)4)20-28(25,26)19-13(2)10-16(11-14(19)3)21-18(22)8-9-27(21,23)24/h5-7,10-11,20H,8-9H2,1-4H3. The van der Waals surface area contributed by atoms with E-state index < -0.39 is 26.0 Å².